The molecular formula is C10H17N3O. The van der Waals surface area contributed by atoms with E-state index in [0.29, 0.717) is 12.2 Å². The van der Waals surface area contributed by atoms with E-state index in [-0.39, 0.29) is 5.91 Å². The second kappa shape index (κ2) is 6.18. The molecule has 0 saturated heterocycles. The summed E-state index contributed by atoms with van der Waals surface area (Å²) >= 11 is 0. The third kappa shape index (κ3) is 4.07. The Morgan fingerprint density at radius 3 is 3.00 bits per heavy atom. The van der Waals surface area contributed by atoms with Crippen LogP contribution in [0.3, 0.4) is 0 Å². The molecule has 1 amide bonds. The van der Waals surface area contributed by atoms with Gasteiger partial charge in [0.1, 0.15) is 5.82 Å². The van der Waals surface area contributed by atoms with Gasteiger partial charge in [0.05, 0.1) is 6.20 Å². The Bertz CT molecular complexity index is 256. The average molecular weight is 195 g/mol. The Hall–Kier alpha value is -1.32. The number of H-pyrrole nitrogens is 1. The largest absolute Gasteiger partial charge is 0.311 e. The van der Waals surface area contributed by atoms with E-state index in [0.717, 1.165) is 12.8 Å². The van der Waals surface area contributed by atoms with Gasteiger partial charge in [-0.2, -0.15) is 5.10 Å². The smallest absolute Gasteiger partial charge is 0.225 e. The molecule has 0 aliphatic carbocycles. The first-order chi connectivity index (χ1) is 6.83. The number of nitrogens with one attached hydrogen (secondary N) is 2. The number of carbonyl (C=O) groups is 1. The summed E-state index contributed by atoms with van der Waals surface area (Å²) < 4.78 is 0. The van der Waals surface area contributed by atoms with E-state index in [1.54, 1.807) is 12.3 Å². The highest BCUT2D eigenvalue weighted by molar-refractivity contribution is 5.89. The maximum Gasteiger partial charge on any atom is 0.225 e. The van der Waals surface area contributed by atoms with Crippen LogP contribution in [-0.4, -0.2) is 16.1 Å². The van der Waals surface area contributed by atoms with Crippen molar-refractivity contribution in [3.05, 3.63) is 12.3 Å². The second-order valence-corrected chi connectivity index (χ2v) is 3.33. The van der Waals surface area contributed by atoms with E-state index < -0.39 is 0 Å². The Labute approximate surface area is 84.1 Å². The van der Waals surface area contributed by atoms with Gasteiger partial charge in [0.25, 0.3) is 0 Å². The van der Waals surface area contributed by atoms with E-state index in [4.69, 9.17) is 0 Å². The van der Waals surface area contributed by atoms with Gasteiger partial charge in [0, 0.05) is 12.5 Å². The lowest BCUT2D eigenvalue weighted by molar-refractivity contribution is -0.116. The summed E-state index contributed by atoms with van der Waals surface area (Å²) in [6, 6.07) is 1.74. The molecular weight excluding hydrogens is 178 g/mol. The Morgan fingerprint density at radius 1 is 1.50 bits per heavy atom. The zero-order valence-electron chi connectivity index (χ0n) is 8.55. The molecule has 1 heterocycles. The molecule has 4 nitrogen and oxygen atoms in total. The van der Waals surface area contributed by atoms with Crippen molar-refractivity contribution >= 4 is 11.7 Å². The van der Waals surface area contributed by atoms with Crippen LogP contribution in [0.2, 0.25) is 0 Å². The molecule has 14 heavy (non-hydrogen) atoms. The Balaban J connectivity index is 2.11. The minimum Gasteiger partial charge on any atom is -0.311 e. The van der Waals surface area contributed by atoms with E-state index >= 15 is 0 Å². The van der Waals surface area contributed by atoms with Crippen LogP contribution in [0.1, 0.15) is 39.0 Å². The first-order valence-electron chi connectivity index (χ1n) is 5.12. The highest BCUT2D eigenvalue weighted by Crippen LogP contribution is 2.05. The summed E-state index contributed by atoms with van der Waals surface area (Å²) in [6.45, 7) is 2.16. The first-order valence-corrected chi connectivity index (χ1v) is 5.12. The molecule has 0 saturated carbocycles. The van der Waals surface area contributed by atoms with Crippen molar-refractivity contribution in [2.75, 3.05) is 5.32 Å². The van der Waals surface area contributed by atoms with Gasteiger partial charge < -0.3 is 5.32 Å². The topological polar surface area (TPSA) is 57.8 Å². The molecule has 4 heteroatoms. The lowest BCUT2D eigenvalue weighted by atomic mass is 10.1. The Kier molecular flexibility index (Phi) is 4.75. The molecule has 1 rings (SSSR count). The molecule has 78 valence electrons. The molecule has 0 atom stereocenters. The molecule has 0 aliphatic rings. The van der Waals surface area contributed by atoms with Gasteiger partial charge in [-0.05, 0) is 6.42 Å². The molecule has 0 unspecified atom stereocenters. The summed E-state index contributed by atoms with van der Waals surface area (Å²) in [5, 5.41) is 9.17. The van der Waals surface area contributed by atoms with Crippen molar-refractivity contribution in [2.24, 2.45) is 0 Å². The van der Waals surface area contributed by atoms with Crippen LogP contribution in [0.15, 0.2) is 12.3 Å². The number of unbranched alkanes of at least 4 members (excludes halogenated alkanes) is 3. The van der Waals surface area contributed by atoms with Crippen LogP contribution in [-0.2, 0) is 4.79 Å². The molecule has 0 radical (unpaired) electrons. The van der Waals surface area contributed by atoms with Crippen molar-refractivity contribution in [1.29, 1.82) is 0 Å². The zero-order valence-corrected chi connectivity index (χ0v) is 8.55. The third-order valence-electron chi connectivity index (χ3n) is 2.03. The molecule has 2 N–H and O–H groups in total. The van der Waals surface area contributed by atoms with Crippen molar-refractivity contribution < 1.29 is 4.79 Å². The zero-order chi connectivity index (χ0) is 10.2. The van der Waals surface area contributed by atoms with Crippen LogP contribution in [0.25, 0.3) is 0 Å². The van der Waals surface area contributed by atoms with Crippen molar-refractivity contribution in [2.45, 2.75) is 39.0 Å². The van der Waals surface area contributed by atoms with Gasteiger partial charge in [-0.3, -0.25) is 9.89 Å². The molecule has 1 aromatic rings. The van der Waals surface area contributed by atoms with Gasteiger partial charge in [0.15, 0.2) is 0 Å². The van der Waals surface area contributed by atoms with E-state index in [2.05, 4.69) is 22.4 Å². The number of aromatic nitrogens is 2. The number of carbonyl (C=O) groups excluding carboxylic acids is 1. The van der Waals surface area contributed by atoms with Gasteiger partial charge in [0.2, 0.25) is 5.91 Å². The van der Waals surface area contributed by atoms with Gasteiger partial charge in [-0.15, -0.1) is 0 Å². The summed E-state index contributed by atoms with van der Waals surface area (Å²) in [6.07, 6.45) is 6.71. The van der Waals surface area contributed by atoms with Crippen LogP contribution in [0.5, 0.6) is 0 Å². The summed E-state index contributed by atoms with van der Waals surface area (Å²) in [5.41, 5.74) is 0. The maximum atomic E-state index is 11.3. The van der Waals surface area contributed by atoms with Crippen molar-refractivity contribution in [1.82, 2.24) is 10.2 Å². The number of hydrogen-bond donors (Lipinski definition) is 2. The number of rotatable bonds is 6. The number of amides is 1. The molecule has 0 bridgehead atoms. The SMILES string of the molecule is CCCCCCC(=O)Nc1ccn[nH]1. The summed E-state index contributed by atoms with van der Waals surface area (Å²) in [5.74, 6) is 0.732. The minimum absolute atomic E-state index is 0.0605. The predicted molar refractivity (Wildman–Crippen MR) is 56.0 cm³/mol. The third-order valence-corrected chi connectivity index (χ3v) is 2.03. The normalized spacial score (nSPS) is 10.1. The lowest BCUT2D eigenvalue weighted by Gasteiger charge is -2.01. The summed E-state index contributed by atoms with van der Waals surface area (Å²) in [7, 11) is 0. The second-order valence-electron chi connectivity index (χ2n) is 3.33. The number of aromatic amines is 1. The molecule has 0 fully saturated rings. The minimum atomic E-state index is 0.0605. The number of anilines is 1. The standard InChI is InChI=1S/C10H17N3O/c1-2-3-4-5-6-10(14)12-9-7-8-11-13-9/h7-8H,2-6H2,1H3,(H2,11,12,13,14). The van der Waals surface area contributed by atoms with Crippen molar-refractivity contribution in [3.8, 4) is 0 Å². The fourth-order valence-electron chi connectivity index (χ4n) is 1.25. The summed E-state index contributed by atoms with van der Waals surface area (Å²) in [4.78, 5) is 11.3. The molecule has 0 aromatic carbocycles. The average Bonchev–Trinajstić information content (AvgIpc) is 2.65. The fourth-order valence-corrected chi connectivity index (χ4v) is 1.25. The van der Waals surface area contributed by atoms with Gasteiger partial charge in [-0.25, -0.2) is 0 Å². The molecule has 0 aliphatic heterocycles. The number of hydrogen-bond acceptors (Lipinski definition) is 2. The lowest BCUT2D eigenvalue weighted by Crippen LogP contribution is -2.11. The number of nitrogens with zero attached hydrogens (tertiary/aromatic N) is 1. The van der Waals surface area contributed by atoms with E-state index in [1.807, 2.05) is 0 Å². The van der Waals surface area contributed by atoms with Gasteiger partial charge >= 0.3 is 0 Å². The van der Waals surface area contributed by atoms with Crippen LogP contribution >= 0.6 is 0 Å². The van der Waals surface area contributed by atoms with E-state index in [1.165, 1.54) is 12.8 Å². The van der Waals surface area contributed by atoms with Crippen LogP contribution in [0.4, 0.5) is 5.82 Å². The molecule has 0 spiro atoms. The van der Waals surface area contributed by atoms with Gasteiger partial charge in [-0.1, -0.05) is 26.2 Å². The maximum absolute atomic E-state index is 11.3. The fraction of sp³-hybridized carbons (Fsp3) is 0.600. The quantitative estimate of drug-likeness (QED) is 0.684. The highest BCUT2D eigenvalue weighted by atomic mass is 16.1. The molecule has 1 aromatic heterocycles. The van der Waals surface area contributed by atoms with Crippen LogP contribution in [0, 0.1) is 0 Å². The van der Waals surface area contributed by atoms with E-state index in [9.17, 15) is 4.79 Å². The van der Waals surface area contributed by atoms with Crippen LogP contribution < -0.4 is 5.32 Å². The predicted octanol–water partition coefficient (Wildman–Crippen LogP) is 2.32. The van der Waals surface area contributed by atoms with Crippen molar-refractivity contribution in [3.63, 3.8) is 0 Å². The first kappa shape index (κ1) is 10.8. The monoisotopic (exact) mass is 195 g/mol. The Morgan fingerprint density at radius 2 is 2.36 bits per heavy atom. The highest BCUT2D eigenvalue weighted by Gasteiger charge is 2.01.